The molecule has 0 aromatic carbocycles. The summed E-state index contributed by atoms with van der Waals surface area (Å²) >= 11 is 0. The van der Waals surface area contributed by atoms with Crippen molar-refractivity contribution >= 4 is 11.6 Å². The van der Waals surface area contributed by atoms with Gasteiger partial charge in [0.1, 0.15) is 0 Å². The molecule has 0 amide bonds. The highest BCUT2D eigenvalue weighted by Gasteiger charge is 2.13. The van der Waals surface area contributed by atoms with Crippen molar-refractivity contribution in [2.45, 2.75) is 12.8 Å². The Balaban J connectivity index is 1.84. The van der Waals surface area contributed by atoms with Crippen molar-refractivity contribution in [2.75, 3.05) is 30.8 Å². The van der Waals surface area contributed by atoms with Crippen LogP contribution in [0.25, 0.3) is 0 Å². The number of nitrogens with zero attached hydrogens (tertiary/aromatic N) is 2. The third-order valence-electron chi connectivity index (χ3n) is 2.63. The van der Waals surface area contributed by atoms with Crippen LogP contribution in [-0.2, 0) is 4.74 Å². The van der Waals surface area contributed by atoms with Crippen LogP contribution in [-0.4, -0.2) is 29.7 Å². The van der Waals surface area contributed by atoms with Crippen LogP contribution in [0.4, 0.5) is 11.6 Å². The first kappa shape index (κ1) is 10.2. The van der Waals surface area contributed by atoms with E-state index in [1.165, 1.54) is 0 Å². The van der Waals surface area contributed by atoms with Gasteiger partial charge in [0.15, 0.2) is 11.6 Å². The Morgan fingerprint density at radius 2 is 2.07 bits per heavy atom. The predicted molar refractivity (Wildman–Crippen MR) is 58.5 cm³/mol. The van der Waals surface area contributed by atoms with Gasteiger partial charge in [-0.2, -0.15) is 0 Å². The summed E-state index contributed by atoms with van der Waals surface area (Å²) in [6.07, 6.45) is 5.44. The number of nitrogen functional groups attached to an aromatic ring is 1. The largest absolute Gasteiger partial charge is 0.381 e. The number of ether oxygens (including phenoxy) is 1. The van der Waals surface area contributed by atoms with Gasteiger partial charge in [0.2, 0.25) is 0 Å². The molecule has 0 atom stereocenters. The molecule has 0 radical (unpaired) electrons. The molecule has 3 N–H and O–H groups in total. The molecule has 0 aliphatic carbocycles. The smallest absolute Gasteiger partial charge is 0.168 e. The van der Waals surface area contributed by atoms with E-state index in [-0.39, 0.29) is 0 Å². The predicted octanol–water partition coefficient (Wildman–Crippen LogP) is 0.897. The summed E-state index contributed by atoms with van der Waals surface area (Å²) in [4.78, 5) is 8.10. The molecule has 2 rings (SSSR count). The van der Waals surface area contributed by atoms with Crippen molar-refractivity contribution in [3.63, 3.8) is 0 Å². The zero-order chi connectivity index (χ0) is 10.5. The maximum Gasteiger partial charge on any atom is 0.168 e. The van der Waals surface area contributed by atoms with E-state index in [2.05, 4.69) is 15.3 Å². The number of hydrogen-bond acceptors (Lipinski definition) is 5. The molecule has 0 spiro atoms. The van der Waals surface area contributed by atoms with Crippen molar-refractivity contribution in [3.8, 4) is 0 Å². The van der Waals surface area contributed by atoms with Crippen molar-refractivity contribution < 1.29 is 4.74 Å². The second-order valence-electron chi connectivity index (χ2n) is 3.73. The van der Waals surface area contributed by atoms with E-state index >= 15 is 0 Å². The Hall–Kier alpha value is -1.36. The van der Waals surface area contributed by atoms with Gasteiger partial charge < -0.3 is 15.8 Å². The van der Waals surface area contributed by atoms with E-state index in [1.54, 1.807) is 12.4 Å². The van der Waals surface area contributed by atoms with E-state index in [9.17, 15) is 0 Å². The van der Waals surface area contributed by atoms with E-state index < -0.39 is 0 Å². The first-order chi connectivity index (χ1) is 7.36. The van der Waals surface area contributed by atoms with Gasteiger partial charge in [0.05, 0.1) is 0 Å². The van der Waals surface area contributed by atoms with Crippen molar-refractivity contribution in [3.05, 3.63) is 12.4 Å². The van der Waals surface area contributed by atoms with Crippen LogP contribution in [0, 0.1) is 5.92 Å². The van der Waals surface area contributed by atoms with Crippen LogP contribution in [0.15, 0.2) is 12.4 Å². The number of nitrogens with one attached hydrogen (secondary N) is 1. The highest BCUT2D eigenvalue weighted by molar-refractivity contribution is 5.54. The van der Waals surface area contributed by atoms with E-state index in [1.807, 2.05) is 0 Å². The molecule has 1 aromatic heterocycles. The highest BCUT2D eigenvalue weighted by Crippen LogP contribution is 2.16. The molecule has 5 heteroatoms. The monoisotopic (exact) mass is 208 g/mol. The van der Waals surface area contributed by atoms with Crippen LogP contribution < -0.4 is 11.1 Å². The second-order valence-corrected chi connectivity index (χ2v) is 3.73. The van der Waals surface area contributed by atoms with Gasteiger partial charge in [0, 0.05) is 32.2 Å². The van der Waals surface area contributed by atoms with Gasteiger partial charge in [-0.3, -0.25) is 0 Å². The summed E-state index contributed by atoms with van der Waals surface area (Å²) in [6, 6.07) is 0. The highest BCUT2D eigenvalue weighted by atomic mass is 16.5. The zero-order valence-electron chi connectivity index (χ0n) is 8.65. The normalized spacial score (nSPS) is 17.6. The SMILES string of the molecule is Nc1nccnc1NCC1CCOCC1. The third-order valence-corrected chi connectivity index (χ3v) is 2.63. The van der Waals surface area contributed by atoms with E-state index in [4.69, 9.17) is 10.5 Å². The maximum atomic E-state index is 5.68. The zero-order valence-corrected chi connectivity index (χ0v) is 8.65. The lowest BCUT2D eigenvalue weighted by Crippen LogP contribution is -2.23. The van der Waals surface area contributed by atoms with Crippen LogP contribution in [0.3, 0.4) is 0 Å². The van der Waals surface area contributed by atoms with Crippen LogP contribution >= 0.6 is 0 Å². The van der Waals surface area contributed by atoms with E-state index in [0.717, 1.165) is 32.6 Å². The summed E-state index contributed by atoms with van der Waals surface area (Å²) in [7, 11) is 0. The van der Waals surface area contributed by atoms with E-state index in [0.29, 0.717) is 17.6 Å². The molecule has 2 heterocycles. The quantitative estimate of drug-likeness (QED) is 0.772. The number of hydrogen-bond donors (Lipinski definition) is 2. The van der Waals surface area contributed by atoms with Gasteiger partial charge >= 0.3 is 0 Å². The molecule has 1 aliphatic rings. The Labute approximate surface area is 89.1 Å². The van der Waals surface area contributed by atoms with Crippen LogP contribution in [0.5, 0.6) is 0 Å². The summed E-state index contributed by atoms with van der Waals surface area (Å²) < 4.78 is 5.30. The standard InChI is InChI=1S/C10H16N4O/c11-9-10(13-4-3-12-9)14-7-8-1-5-15-6-2-8/h3-4,8H,1-2,5-7H2,(H2,11,12)(H,13,14). The lowest BCUT2D eigenvalue weighted by molar-refractivity contribution is 0.0699. The average Bonchev–Trinajstić information content (AvgIpc) is 2.29. The molecule has 1 aromatic rings. The summed E-state index contributed by atoms with van der Waals surface area (Å²) in [5.41, 5.74) is 5.68. The lowest BCUT2D eigenvalue weighted by Gasteiger charge is -2.22. The first-order valence-corrected chi connectivity index (χ1v) is 5.24. The number of rotatable bonds is 3. The van der Waals surface area contributed by atoms with Crippen molar-refractivity contribution in [1.29, 1.82) is 0 Å². The maximum absolute atomic E-state index is 5.68. The Morgan fingerprint density at radius 3 is 2.80 bits per heavy atom. The number of aromatic nitrogens is 2. The van der Waals surface area contributed by atoms with Crippen LogP contribution in [0.1, 0.15) is 12.8 Å². The molecule has 82 valence electrons. The summed E-state index contributed by atoms with van der Waals surface area (Å²) in [6.45, 7) is 2.62. The van der Waals surface area contributed by atoms with Gasteiger partial charge in [-0.15, -0.1) is 0 Å². The van der Waals surface area contributed by atoms with Gasteiger partial charge in [0.25, 0.3) is 0 Å². The third kappa shape index (κ3) is 2.79. The van der Waals surface area contributed by atoms with Gasteiger partial charge in [-0.25, -0.2) is 9.97 Å². The minimum Gasteiger partial charge on any atom is -0.381 e. The fraction of sp³-hybridized carbons (Fsp3) is 0.600. The van der Waals surface area contributed by atoms with Gasteiger partial charge in [-0.1, -0.05) is 0 Å². The molecule has 1 saturated heterocycles. The minimum atomic E-state index is 0.463. The Morgan fingerprint density at radius 1 is 1.33 bits per heavy atom. The fourth-order valence-electron chi connectivity index (χ4n) is 1.68. The number of anilines is 2. The molecule has 0 saturated carbocycles. The molecule has 15 heavy (non-hydrogen) atoms. The number of nitrogens with two attached hydrogens (primary N) is 1. The topological polar surface area (TPSA) is 73.1 Å². The van der Waals surface area contributed by atoms with Gasteiger partial charge in [-0.05, 0) is 18.8 Å². The molecule has 0 unspecified atom stereocenters. The Kier molecular flexibility index (Phi) is 3.34. The molecule has 1 aliphatic heterocycles. The second kappa shape index (κ2) is 4.93. The van der Waals surface area contributed by atoms with Crippen LogP contribution in [0.2, 0.25) is 0 Å². The Bertz CT molecular complexity index is 312. The van der Waals surface area contributed by atoms with Crippen molar-refractivity contribution in [1.82, 2.24) is 9.97 Å². The summed E-state index contributed by atoms with van der Waals surface area (Å²) in [5.74, 6) is 1.80. The molecule has 5 nitrogen and oxygen atoms in total. The summed E-state index contributed by atoms with van der Waals surface area (Å²) in [5, 5.41) is 3.23. The minimum absolute atomic E-state index is 0.463. The molecule has 0 bridgehead atoms. The molecule has 1 fully saturated rings. The van der Waals surface area contributed by atoms with Crippen molar-refractivity contribution in [2.24, 2.45) is 5.92 Å². The fourth-order valence-corrected chi connectivity index (χ4v) is 1.68. The lowest BCUT2D eigenvalue weighted by atomic mass is 10.0. The average molecular weight is 208 g/mol. The molecular formula is C10H16N4O. The molecular weight excluding hydrogens is 192 g/mol. The first-order valence-electron chi connectivity index (χ1n) is 5.24.